The third-order valence-corrected chi connectivity index (χ3v) is 3.17. The highest BCUT2D eigenvalue weighted by Crippen LogP contribution is 1.93. The Bertz CT molecular complexity index is 227. The van der Waals surface area contributed by atoms with Crippen LogP contribution in [-0.2, 0) is 10.0 Å². The maximum Gasteiger partial charge on any atom is 0.211 e. The number of unbranched alkanes of at least 4 members (excludes halogenated alkanes) is 1. The van der Waals surface area contributed by atoms with Crippen molar-refractivity contribution in [1.29, 1.82) is 0 Å². The van der Waals surface area contributed by atoms with E-state index in [1.165, 1.54) is 0 Å². The van der Waals surface area contributed by atoms with E-state index in [4.69, 9.17) is 5.11 Å². The van der Waals surface area contributed by atoms with Gasteiger partial charge >= 0.3 is 0 Å². The van der Waals surface area contributed by atoms with Crippen LogP contribution < -0.4 is 4.72 Å². The van der Waals surface area contributed by atoms with Gasteiger partial charge in [-0.05, 0) is 26.9 Å². The van der Waals surface area contributed by atoms with Gasteiger partial charge in [0.2, 0.25) is 10.0 Å². The molecule has 0 unspecified atom stereocenters. The highest BCUT2D eigenvalue weighted by Gasteiger charge is 2.08. The summed E-state index contributed by atoms with van der Waals surface area (Å²) in [6, 6.07) is 0. The smallest absolute Gasteiger partial charge is 0.211 e. The maximum atomic E-state index is 11.3. The fourth-order valence-electron chi connectivity index (χ4n) is 0.901. The van der Waals surface area contributed by atoms with Crippen LogP contribution in [-0.4, -0.2) is 58.0 Å². The van der Waals surface area contributed by atoms with Crippen molar-refractivity contribution in [3.8, 4) is 0 Å². The number of hydrogen-bond donors (Lipinski definition) is 2. The Labute approximate surface area is 86.2 Å². The minimum absolute atomic E-state index is 0.0488. The van der Waals surface area contributed by atoms with Crippen molar-refractivity contribution in [2.24, 2.45) is 0 Å². The number of rotatable bonds is 8. The fourth-order valence-corrected chi connectivity index (χ4v) is 2.03. The summed E-state index contributed by atoms with van der Waals surface area (Å²) in [5.74, 6) is 0.0982. The van der Waals surface area contributed by atoms with E-state index < -0.39 is 10.0 Å². The van der Waals surface area contributed by atoms with E-state index in [-0.39, 0.29) is 12.4 Å². The van der Waals surface area contributed by atoms with E-state index in [1.54, 1.807) is 0 Å². The molecular formula is C8H20N2O3S. The Hall–Kier alpha value is -0.170. The number of aliphatic hydroxyl groups is 1. The summed E-state index contributed by atoms with van der Waals surface area (Å²) in [5.41, 5.74) is 0. The molecule has 0 radical (unpaired) electrons. The predicted octanol–water partition coefficient (Wildman–Crippen LogP) is -0.760. The van der Waals surface area contributed by atoms with Gasteiger partial charge in [-0.25, -0.2) is 13.1 Å². The molecule has 0 aromatic carbocycles. The largest absolute Gasteiger partial charge is 0.396 e. The molecule has 0 aliphatic heterocycles. The molecule has 0 spiro atoms. The Kier molecular flexibility index (Phi) is 7.08. The molecule has 0 aliphatic rings. The molecule has 0 fully saturated rings. The standard InChI is InChI=1S/C8H20N2O3S/c1-10(2)6-5-9-14(12,13)8-4-3-7-11/h9,11H,3-8H2,1-2H3. The minimum atomic E-state index is -3.14. The predicted molar refractivity (Wildman–Crippen MR) is 56.7 cm³/mol. The molecule has 86 valence electrons. The zero-order valence-electron chi connectivity index (χ0n) is 8.86. The topological polar surface area (TPSA) is 69.6 Å². The van der Waals surface area contributed by atoms with Crippen molar-refractivity contribution in [3.05, 3.63) is 0 Å². The molecule has 0 saturated carbocycles. The van der Waals surface area contributed by atoms with Crippen LogP contribution in [0.2, 0.25) is 0 Å². The second-order valence-corrected chi connectivity index (χ2v) is 5.37. The molecule has 0 heterocycles. The van der Waals surface area contributed by atoms with Gasteiger partial charge < -0.3 is 10.0 Å². The van der Waals surface area contributed by atoms with Crippen LogP contribution in [0.5, 0.6) is 0 Å². The average Bonchev–Trinajstić information content (AvgIpc) is 2.03. The molecule has 0 saturated heterocycles. The monoisotopic (exact) mass is 224 g/mol. The molecule has 2 N–H and O–H groups in total. The molecule has 0 aliphatic carbocycles. The first-order valence-electron chi connectivity index (χ1n) is 4.71. The summed E-state index contributed by atoms with van der Waals surface area (Å²) < 4.78 is 25.0. The summed E-state index contributed by atoms with van der Waals surface area (Å²) in [5, 5.41) is 8.49. The van der Waals surface area contributed by atoms with Gasteiger partial charge in [0, 0.05) is 19.7 Å². The molecule has 0 aromatic heterocycles. The van der Waals surface area contributed by atoms with Crippen molar-refractivity contribution in [2.75, 3.05) is 39.5 Å². The third kappa shape index (κ3) is 8.43. The number of nitrogens with zero attached hydrogens (tertiary/aromatic N) is 1. The Morgan fingerprint density at radius 2 is 1.93 bits per heavy atom. The summed E-state index contributed by atoms with van der Waals surface area (Å²) in [4.78, 5) is 1.91. The first-order chi connectivity index (χ1) is 6.48. The lowest BCUT2D eigenvalue weighted by atomic mass is 10.4. The van der Waals surface area contributed by atoms with Crippen LogP contribution in [0.25, 0.3) is 0 Å². The van der Waals surface area contributed by atoms with E-state index >= 15 is 0 Å². The van der Waals surface area contributed by atoms with Crippen LogP contribution in [0.4, 0.5) is 0 Å². The highest BCUT2D eigenvalue weighted by molar-refractivity contribution is 7.89. The van der Waals surface area contributed by atoms with Gasteiger partial charge in [-0.2, -0.15) is 0 Å². The van der Waals surface area contributed by atoms with Crippen LogP contribution in [0.3, 0.4) is 0 Å². The zero-order valence-corrected chi connectivity index (χ0v) is 9.68. The lowest BCUT2D eigenvalue weighted by Crippen LogP contribution is -2.32. The molecule has 0 amide bonds. The summed E-state index contributed by atoms with van der Waals surface area (Å²) in [7, 11) is 0.641. The molecule has 0 rings (SSSR count). The number of nitrogens with one attached hydrogen (secondary N) is 1. The van der Waals surface area contributed by atoms with Crippen LogP contribution in [0, 0.1) is 0 Å². The lowest BCUT2D eigenvalue weighted by Gasteiger charge is -2.10. The van der Waals surface area contributed by atoms with Gasteiger partial charge in [0.1, 0.15) is 0 Å². The van der Waals surface area contributed by atoms with Crippen molar-refractivity contribution in [1.82, 2.24) is 9.62 Å². The second-order valence-electron chi connectivity index (χ2n) is 3.45. The number of aliphatic hydroxyl groups excluding tert-OH is 1. The lowest BCUT2D eigenvalue weighted by molar-refractivity contribution is 0.287. The van der Waals surface area contributed by atoms with Crippen molar-refractivity contribution >= 4 is 10.0 Å². The number of hydrogen-bond acceptors (Lipinski definition) is 4. The molecule has 0 atom stereocenters. The Morgan fingerprint density at radius 1 is 1.29 bits per heavy atom. The van der Waals surface area contributed by atoms with Crippen LogP contribution in [0.1, 0.15) is 12.8 Å². The van der Waals surface area contributed by atoms with E-state index in [2.05, 4.69) is 4.72 Å². The summed E-state index contributed by atoms with van der Waals surface area (Å²) in [6.07, 6.45) is 1.04. The van der Waals surface area contributed by atoms with Crippen LogP contribution >= 0.6 is 0 Å². The molecule has 0 bridgehead atoms. The van der Waals surface area contributed by atoms with Crippen LogP contribution in [0.15, 0.2) is 0 Å². The fraction of sp³-hybridized carbons (Fsp3) is 1.00. The first-order valence-corrected chi connectivity index (χ1v) is 6.36. The second kappa shape index (κ2) is 7.17. The Balaban J connectivity index is 3.62. The van der Waals surface area contributed by atoms with Gasteiger partial charge in [0.25, 0.3) is 0 Å². The van der Waals surface area contributed by atoms with Crippen molar-refractivity contribution in [2.45, 2.75) is 12.8 Å². The molecule has 14 heavy (non-hydrogen) atoms. The quantitative estimate of drug-likeness (QED) is 0.532. The van der Waals surface area contributed by atoms with Crippen molar-refractivity contribution < 1.29 is 13.5 Å². The van der Waals surface area contributed by atoms with E-state index in [9.17, 15) is 8.42 Å². The van der Waals surface area contributed by atoms with Gasteiger partial charge in [-0.1, -0.05) is 0 Å². The first kappa shape index (κ1) is 13.8. The van der Waals surface area contributed by atoms with E-state index in [1.807, 2.05) is 19.0 Å². The minimum Gasteiger partial charge on any atom is -0.396 e. The highest BCUT2D eigenvalue weighted by atomic mass is 32.2. The molecular weight excluding hydrogens is 204 g/mol. The van der Waals surface area contributed by atoms with Gasteiger partial charge in [-0.3, -0.25) is 0 Å². The normalized spacial score (nSPS) is 12.3. The molecule has 6 heteroatoms. The Morgan fingerprint density at radius 3 is 2.43 bits per heavy atom. The van der Waals surface area contributed by atoms with Crippen molar-refractivity contribution in [3.63, 3.8) is 0 Å². The average molecular weight is 224 g/mol. The van der Waals surface area contributed by atoms with Gasteiger partial charge in [0.05, 0.1) is 5.75 Å². The molecule has 0 aromatic rings. The maximum absolute atomic E-state index is 11.3. The third-order valence-electron chi connectivity index (χ3n) is 1.70. The SMILES string of the molecule is CN(C)CCNS(=O)(=O)CCCCO. The summed E-state index contributed by atoms with van der Waals surface area (Å²) >= 11 is 0. The van der Waals surface area contributed by atoms with E-state index in [0.717, 1.165) is 0 Å². The number of sulfonamides is 1. The summed E-state index contributed by atoms with van der Waals surface area (Å²) in [6.45, 7) is 1.18. The zero-order chi connectivity index (χ0) is 11.0. The molecule has 5 nitrogen and oxygen atoms in total. The van der Waals surface area contributed by atoms with Gasteiger partial charge in [0.15, 0.2) is 0 Å². The van der Waals surface area contributed by atoms with Gasteiger partial charge in [-0.15, -0.1) is 0 Å². The number of likely N-dealkylation sites (N-methyl/N-ethyl adjacent to an activating group) is 1. The van der Waals surface area contributed by atoms with E-state index in [0.29, 0.717) is 25.9 Å².